The number of hydrogen-bond donors (Lipinski definition) is 0. The third-order valence-electron chi connectivity index (χ3n) is 4.67. The Labute approximate surface area is 167 Å². The summed E-state index contributed by atoms with van der Waals surface area (Å²) < 4.78 is 33.5. The monoisotopic (exact) mass is 420 g/mol. The molecule has 0 unspecified atom stereocenters. The van der Waals surface area contributed by atoms with Gasteiger partial charge >= 0.3 is 5.97 Å². The molecule has 10 heteroatoms. The molecule has 1 fully saturated rings. The number of thiazole rings is 1. The molecule has 1 aromatic heterocycles. The fraction of sp³-hybridized carbons (Fsp3) is 0.389. The summed E-state index contributed by atoms with van der Waals surface area (Å²) in [5.41, 5.74) is 1.52. The van der Waals surface area contributed by atoms with Crippen LogP contribution >= 0.6 is 11.3 Å². The van der Waals surface area contributed by atoms with Crippen LogP contribution in [0.15, 0.2) is 38.9 Å². The first-order valence-corrected chi connectivity index (χ1v) is 11.3. The molecule has 0 spiro atoms. The number of amidine groups is 1. The number of nitrogens with zero attached hydrogens (tertiary/aromatic N) is 4. The molecular formula is C18H20N4O4S2. The van der Waals surface area contributed by atoms with Crippen LogP contribution < -0.4 is 0 Å². The number of carbonyl (C=O) groups is 1. The van der Waals surface area contributed by atoms with Crippen molar-refractivity contribution in [3.8, 4) is 0 Å². The molecule has 1 aromatic carbocycles. The first kappa shape index (κ1) is 19.0. The van der Waals surface area contributed by atoms with Crippen LogP contribution in [-0.4, -0.2) is 67.8 Å². The number of esters is 1. The van der Waals surface area contributed by atoms with Gasteiger partial charge in [0.25, 0.3) is 10.0 Å². The molecule has 2 aliphatic heterocycles. The molecule has 8 nitrogen and oxygen atoms in total. The second kappa shape index (κ2) is 7.61. The number of fused-ring (bicyclic) bond motifs is 1. The van der Waals surface area contributed by atoms with E-state index in [1.54, 1.807) is 25.1 Å². The maximum atomic E-state index is 12.2. The largest absolute Gasteiger partial charge is 0.461 e. The first-order valence-electron chi connectivity index (χ1n) is 9.01. The van der Waals surface area contributed by atoms with E-state index in [9.17, 15) is 13.2 Å². The Kier molecular flexibility index (Phi) is 5.17. The Hall–Kier alpha value is -2.30. The van der Waals surface area contributed by atoms with Crippen molar-refractivity contribution in [1.29, 1.82) is 0 Å². The predicted octanol–water partition coefficient (Wildman–Crippen LogP) is 1.59. The van der Waals surface area contributed by atoms with Crippen LogP contribution in [0.4, 0.5) is 0 Å². The van der Waals surface area contributed by atoms with E-state index in [1.165, 1.54) is 11.3 Å². The summed E-state index contributed by atoms with van der Waals surface area (Å²) in [7, 11) is -3.60. The summed E-state index contributed by atoms with van der Waals surface area (Å²) in [6.07, 6.45) is 0. The molecule has 2 aromatic rings. The van der Waals surface area contributed by atoms with Crippen LogP contribution in [0.25, 0.3) is 0 Å². The summed E-state index contributed by atoms with van der Waals surface area (Å²) in [6.45, 7) is 5.61. The maximum Gasteiger partial charge on any atom is 0.367 e. The zero-order valence-corrected chi connectivity index (χ0v) is 17.0. The topological polar surface area (TPSA) is 92.2 Å². The van der Waals surface area contributed by atoms with E-state index in [2.05, 4.69) is 14.3 Å². The van der Waals surface area contributed by atoms with E-state index in [0.717, 1.165) is 18.8 Å². The quantitative estimate of drug-likeness (QED) is 0.694. The van der Waals surface area contributed by atoms with E-state index in [4.69, 9.17) is 4.74 Å². The number of hydrogen-bond acceptors (Lipinski definition) is 8. The number of carbonyl (C=O) groups excluding carboxylic acids is 1. The van der Waals surface area contributed by atoms with Crippen LogP contribution in [0, 0.1) is 0 Å². The molecule has 0 radical (unpaired) electrons. The maximum absolute atomic E-state index is 12.2. The van der Waals surface area contributed by atoms with Crippen LogP contribution in [-0.2, 0) is 21.3 Å². The van der Waals surface area contributed by atoms with Gasteiger partial charge in [0, 0.05) is 43.7 Å². The number of ether oxygens (including phenoxy) is 1. The lowest BCUT2D eigenvalue weighted by molar-refractivity contribution is 0.0525. The molecule has 0 bridgehead atoms. The standard InChI is InChI=1S/C18H20N4O4S2/c1-2-26-18(23)17-19-13(12-27-17)11-21-7-9-22(10-8-21)16-14-5-3-4-6-15(14)28(24,25)20-16/h3-6,12H,2,7-11H2,1H3. The fourth-order valence-electron chi connectivity index (χ4n) is 3.33. The molecule has 0 saturated carbocycles. The van der Waals surface area contributed by atoms with Crippen molar-refractivity contribution in [3.05, 3.63) is 45.9 Å². The summed E-state index contributed by atoms with van der Waals surface area (Å²) in [5.74, 6) is 0.149. The van der Waals surface area contributed by atoms with Crippen molar-refractivity contribution < 1.29 is 17.9 Å². The van der Waals surface area contributed by atoms with Gasteiger partial charge in [-0.2, -0.15) is 8.42 Å². The molecule has 148 valence electrons. The third kappa shape index (κ3) is 3.67. The molecule has 0 amide bonds. The Morgan fingerprint density at radius 1 is 1.21 bits per heavy atom. The Balaban J connectivity index is 1.39. The highest BCUT2D eigenvalue weighted by atomic mass is 32.2. The number of rotatable bonds is 4. The van der Waals surface area contributed by atoms with Gasteiger partial charge in [-0.25, -0.2) is 9.78 Å². The van der Waals surface area contributed by atoms with E-state index < -0.39 is 10.0 Å². The van der Waals surface area contributed by atoms with Crippen LogP contribution in [0.2, 0.25) is 0 Å². The predicted molar refractivity (Wildman–Crippen MR) is 105 cm³/mol. The Morgan fingerprint density at radius 3 is 2.71 bits per heavy atom. The van der Waals surface area contributed by atoms with Gasteiger partial charge in [0.05, 0.1) is 12.3 Å². The molecule has 0 N–H and O–H groups in total. The molecular weight excluding hydrogens is 400 g/mol. The molecule has 0 atom stereocenters. The van der Waals surface area contributed by atoms with Crippen LogP contribution in [0.5, 0.6) is 0 Å². The molecule has 2 aliphatic rings. The van der Waals surface area contributed by atoms with E-state index in [-0.39, 0.29) is 10.9 Å². The first-order chi connectivity index (χ1) is 13.5. The number of benzene rings is 1. The highest BCUT2D eigenvalue weighted by Gasteiger charge is 2.32. The van der Waals surface area contributed by atoms with Crippen molar-refractivity contribution in [3.63, 3.8) is 0 Å². The number of sulfonamides is 1. The van der Waals surface area contributed by atoms with E-state index in [1.807, 2.05) is 16.3 Å². The molecule has 3 heterocycles. The number of aromatic nitrogens is 1. The normalized spacial score (nSPS) is 18.6. The van der Waals surface area contributed by atoms with Crippen molar-refractivity contribution in [2.75, 3.05) is 32.8 Å². The summed E-state index contributed by atoms with van der Waals surface area (Å²) >= 11 is 1.29. The minimum atomic E-state index is -3.60. The average molecular weight is 421 g/mol. The second-order valence-electron chi connectivity index (χ2n) is 6.51. The second-order valence-corrected chi connectivity index (χ2v) is 8.94. The van der Waals surface area contributed by atoms with Crippen molar-refractivity contribution in [2.45, 2.75) is 18.4 Å². The van der Waals surface area contributed by atoms with Crippen LogP contribution in [0.3, 0.4) is 0 Å². The molecule has 4 rings (SSSR count). The van der Waals surface area contributed by atoms with Gasteiger partial charge in [-0.1, -0.05) is 12.1 Å². The average Bonchev–Trinajstić information content (AvgIpc) is 3.26. The van der Waals surface area contributed by atoms with Gasteiger partial charge in [-0.15, -0.1) is 15.7 Å². The van der Waals surface area contributed by atoms with E-state index in [0.29, 0.717) is 42.6 Å². The van der Waals surface area contributed by atoms with Gasteiger partial charge < -0.3 is 9.64 Å². The minimum absolute atomic E-state index is 0.279. The Morgan fingerprint density at radius 2 is 1.96 bits per heavy atom. The molecule has 28 heavy (non-hydrogen) atoms. The highest BCUT2D eigenvalue weighted by molar-refractivity contribution is 7.90. The fourth-order valence-corrected chi connectivity index (χ4v) is 5.26. The summed E-state index contributed by atoms with van der Waals surface area (Å²) in [4.78, 5) is 20.6. The molecule has 1 saturated heterocycles. The zero-order chi connectivity index (χ0) is 19.7. The Bertz CT molecular complexity index is 1020. The number of piperazine rings is 1. The van der Waals surface area contributed by atoms with E-state index >= 15 is 0 Å². The van der Waals surface area contributed by atoms with Crippen LogP contribution in [0.1, 0.15) is 28.0 Å². The smallest absolute Gasteiger partial charge is 0.367 e. The van der Waals surface area contributed by atoms with Crippen molar-refractivity contribution in [1.82, 2.24) is 14.8 Å². The van der Waals surface area contributed by atoms with Crippen molar-refractivity contribution in [2.24, 2.45) is 4.40 Å². The lowest BCUT2D eigenvalue weighted by atomic mass is 10.1. The lowest BCUT2D eigenvalue weighted by Gasteiger charge is -2.35. The molecule has 0 aliphatic carbocycles. The minimum Gasteiger partial charge on any atom is -0.461 e. The van der Waals surface area contributed by atoms with Gasteiger partial charge in [-0.3, -0.25) is 4.90 Å². The lowest BCUT2D eigenvalue weighted by Crippen LogP contribution is -2.48. The summed E-state index contributed by atoms with van der Waals surface area (Å²) in [6, 6.07) is 6.94. The third-order valence-corrected chi connectivity index (χ3v) is 6.87. The van der Waals surface area contributed by atoms with Gasteiger partial charge in [0.15, 0.2) is 5.84 Å². The highest BCUT2D eigenvalue weighted by Crippen LogP contribution is 2.28. The van der Waals surface area contributed by atoms with Gasteiger partial charge in [0.1, 0.15) is 4.90 Å². The summed E-state index contributed by atoms with van der Waals surface area (Å²) in [5, 5.41) is 2.25. The SMILES string of the molecule is CCOC(=O)c1nc(CN2CCN(C3=NS(=O)(=O)c4ccccc43)CC2)cs1. The van der Waals surface area contributed by atoms with Gasteiger partial charge in [-0.05, 0) is 19.1 Å². The van der Waals surface area contributed by atoms with Gasteiger partial charge in [0.2, 0.25) is 5.01 Å². The zero-order valence-electron chi connectivity index (χ0n) is 15.4. The van der Waals surface area contributed by atoms with Crippen molar-refractivity contribution >= 4 is 33.2 Å².